The molecule has 2 aliphatic rings. The van der Waals surface area contributed by atoms with Crippen LogP contribution in [0.3, 0.4) is 0 Å². The Balaban J connectivity index is 1.93. The van der Waals surface area contributed by atoms with E-state index in [9.17, 15) is 10.4 Å². The summed E-state index contributed by atoms with van der Waals surface area (Å²) in [5, 5.41) is 18.8. The number of hydrogen-bond donors (Lipinski definition) is 1. The van der Waals surface area contributed by atoms with Crippen LogP contribution in [0.4, 0.5) is 5.82 Å². The zero-order valence-corrected chi connectivity index (χ0v) is 11.8. The highest BCUT2D eigenvalue weighted by Gasteiger charge is 2.24. The lowest BCUT2D eigenvalue weighted by Crippen LogP contribution is -2.38. The molecular weight excluding hydrogens is 250 g/mol. The quantitative estimate of drug-likeness (QED) is 0.894. The van der Waals surface area contributed by atoms with Gasteiger partial charge in [-0.2, -0.15) is 5.26 Å². The largest absolute Gasteiger partial charge is 0.396 e. The molecular formula is C16H21N3O. The van der Waals surface area contributed by atoms with Crippen molar-refractivity contribution in [1.82, 2.24) is 4.98 Å². The number of fused-ring (bicyclic) bond motifs is 1. The van der Waals surface area contributed by atoms with Crippen molar-refractivity contribution >= 4 is 5.82 Å². The van der Waals surface area contributed by atoms with E-state index in [0.29, 0.717) is 11.5 Å². The van der Waals surface area contributed by atoms with Crippen molar-refractivity contribution in [1.29, 1.82) is 5.26 Å². The van der Waals surface area contributed by atoms with Crippen LogP contribution in [0.15, 0.2) is 6.07 Å². The van der Waals surface area contributed by atoms with E-state index in [1.165, 1.54) is 24.1 Å². The minimum atomic E-state index is 0.226. The monoisotopic (exact) mass is 271 g/mol. The molecule has 0 bridgehead atoms. The molecule has 1 aliphatic carbocycles. The van der Waals surface area contributed by atoms with Gasteiger partial charge in [0.15, 0.2) is 0 Å². The number of nitriles is 1. The third kappa shape index (κ3) is 2.51. The van der Waals surface area contributed by atoms with Crippen LogP contribution in [0.1, 0.15) is 42.5 Å². The van der Waals surface area contributed by atoms with E-state index in [4.69, 9.17) is 4.98 Å². The van der Waals surface area contributed by atoms with Crippen LogP contribution in [0.25, 0.3) is 0 Å². The van der Waals surface area contributed by atoms with E-state index >= 15 is 0 Å². The van der Waals surface area contributed by atoms with Gasteiger partial charge in [0, 0.05) is 25.4 Å². The molecule has 1 aliphatic heterocycles. The summed E-state index contributed by atoms with van der Waals surface area (Å²) < 4.78 is 0. The highest BCUT2D eigenvalue weighted by molar-refractivity contribution is 5.56. The summed E-state index contributed by atoms with van der Waals surface area (Å²) >= 11 is 0. The van der Waals surface area contributed by atoms with E-state index in [2.05, 4.69) is 11.0 Å². The predicted molar refractivity (Wildman–Crippen MR) is 77.6 cm³/mol. The smallest absolute Gasteiger partial charge is 0.146 e. The molecule has 1 N–H and O–H groups in total. The molecule has 1 fully saturated rings. The molecule has 3 rings (SSSR count). The van der Waals surface area contributed by atoms with Crippen LogP contribution in [-0.2, 0) is 12.8 Å². The Morgan fingerprint density at radius 3 is 3.00 bits per heavy atom. The lowest BCUT2D eigenvalue weighted by Gasteiger charge is -2.34. The second kappa shape index (κ2) is 5.80. The van der Waals surface area contributed by atoms with Crippen molar-refractivity contribution in [3.63, 3.8) is 0 Å². The van der Waals surface area contributed by atoms with Gasteiger partial charge in [0.25, 0.3) is 0 Å². The van der Waals surface area contributed by atoms with Gasteiger partial charge >= 0.3 is 0 Å². The predicted octanol–water partition coefficient (Wildman–Crippen LogP) is 2.04. The Bertz CT molecular complexity index is 535. The zero-order chi connectivity index (χ0) is 13.9. The molecule has 1 saturated heterocycles. The van der Waals surface area contributed by atoms with Gasteiger partial charge < -0.3 is 10.0 Å². The average molecular weight is 271 g/mol. The maximum absolute atomic E-state index is 9.41. The van der Waals surface area contributed by atoms with Gasteiger partial charge in [-0.25, -0.2) is 4.98 Å². The Kier molecular flexibility index (Phi) is 3.88. The Morgan fingerprint density at radius 1 is 1.35 bits per heavy atom. The van der Waals surface area contributed by atoms with Crippen molar-refractivity contribution in [2.24, 2.45) is 5.92 Å². The van der Waals surface area contributed by atoms with E-state index in [0.717, 1.165) is 44.6 Å². The minimum Gasteiger partial charge on any atom is -0.396 e. The first-order chi connectivity index (χ1) is 9.81. The molecule has 1 unspecified atom stereocenters. The van der Waals surface area contributed by atoms with Gasteiger partial charge in [-0.15, -0.1) is 0 Å². The molecule has 4 heteroatoms. The number of anilines is 1. The number of piperidine rings is 1. The van der Waals surface area contributed by atoms with E-state index in [1.807, 2.05) is 6.07 Å². The van der Waals surface area contributed by atoms with Crippen LogP contribution < -0.4 is 4.90 Å². The number of aliphatic hydroxyl groups is 1. The van der Waals surface area contributed by atoms with Crippen molar-refractivity contribution in [2.75, 3.05) is 24.6 Å². The third-order valence-electron chi connectivity index (χ3n) is 4.48. The molecule has 0 spiro atoms. The summed E-state index contributed by atoms with van der Waals surface area (Å²) in [5.41, 5.74) is 3.13. The maximum atomic E-state index is 9.41. The van der Waals surface area contributed by atoms with Crippen LogP contribution in [0, 0.1) is 17.2 Å². The summed E-state index contributed by atoms with van der Waals surface area (Å²) in [6.07, 6.45) is 6.62. The van der Waals surface area contributed by atoms with E-state index in [-0.39, 0.29) is 6.61 Å². The molecule has 106 valence electrons. The van der Waals surface area contributed by atoms with Crippen molar-refractivity contribution in [2.45, 2.75) is 38.5 Å². The molecule has 1 aromatic heterocycles. The van der Waals surface area contributed by atoms with Gasteiger partial charge in [0.1, 0.15) is 11.9 Å². The summed E-state index contributed by atoms with van der Waals surface area (Å²) in [6, 6.07) is 4.35. The number of aromatic nitrogens is 1. The van der Waals surface area contributed by atoms with Gasteiger partial charge in [-0.3, -0.25) is 0 Å². The minimum absolute atomic E-state index is 0.226. The summed E-state index contributed by atoms with van der Waals surface area (Å²) in [6.45, 7) is 1.98. The third-order valence-corrected chi connectivity index (χ3v) is 4.48. The zero-order valence-electron chi connectivity index (χ0n) is 11.8. The van der Waals surface area contributed by atoms with E-state index in [1.54, 1.807) is 0 Å². The molecule has 0 amide bonds. The van der Waals surface area contributed by atoms with Crippen LogP contribution in [-0.4, -0.2) is 29.8 Å². The summed E-state index contributed by atoms with van der Waals surface area (Å²) in [4.78, 5) is 6.99. The molecule has 4 nitrogen and oxygen atoms in total. The van der Waals surface area contributed by atoms with Gasteiger partial charge in [0.05, 0.1) is 5.56 Å². The summed E-state index contributed by atoms with van der Waals surface area (Å²) in [5.74, 6) is 1.15. The fourth-order valence-electron chi connectivity index (χ4n) is 3.35. The van der Waals surface area contributed by atoms with Crippen LogP contribution in [0.5, 0.6) is 0 Å². The molecule has 20 heavy (non-hydrogen) atoms. The molecule has 1 aromatic rings. The molecule has 0 saturated carbocycles. The standard InChI is InChI=1S/C16H21N3O/c17-9-14-8-13-5-1-2-6-15(13)18-16(14)19-7-3-4-12(10-19)11-20/h8,12,20H,1-7,10-11H2. The fourth-order valence-corrected chi connectivity index (χ4v) is 3.35. The topological polar surface area (TPSA) is 60.2 Å². The van der Waals surface area contributed by atoms with Gasteiger partial charge in [-0.05, 0) is 56.1 Å². The molecule has 1 atom stereocenters. The normalized spacial score (nSPS) is 22.2. The number of nitrogens with zero attached hydrogens (tertiary/aromatic N) is 3. The maximum Gasteiger partial charge on any atom is 0.146 e. The van der Waals surface area contributed by atoms with Crippen molar-refractivity contribution in [3.8, 4) is 6.07 Å². The first-order valence-electron chi connectivity index (χ1n) is 7.60. The lowest BCUT2D eigenvalue weighted by molar-refractivity contribution is 0.208. The van der Waals surface area contributed by atoms with Gasteiger partial charge in [-0.1, -0.05) is 0 Å². The molecule has 2 heterocycles. The average Bonchev–Trinajstić information content (AvgIpc) is 2.53. The number of aryl methyl sites for hydroxylation is 2. The van der Waals surface area contributed by atoms with Crippen LogP contribution >= 0.6 is 0 Å². The number of hydrogen-bond acceptors (Lipinski definition) is 4. The highest BCUT2D eigenvalue weighted by atomic mass is 16.3. The SMILES string of the molecule is N#Cc1cc2c(nc1N1CCCC(CO)C1)CCCC2. The lowest BCUT2D eigenvalue weighted by atomic mass is 9.94. The molecule has 0 radical (unpaired) electrons. The fraction of sp³-hybridized carbons (Fsp3) is 0.625. The van der Waals surface area contributed by atoms with E-state index < -0.39 is 0 Å². The first kappa shape index (κ1) is 13.4. The molecule has 0 aromatic carbocycles. The Labute approximate surface area is 120 Å². The summed E-state index contributed by atoms with van der Waals surface area (Å²) in [7, 11) is 0. The first-order valence-corrected chi connectivity index (χ1v) is 7.60. The van der Waals surface area contributed by atoms with Crippen molar-refractivity contribution < 1.29 is 5.11 Å². The Morgan fingerprint density at radius 2 is 2.20 bits per heavy atom. The highest BCUT2D eigenvalue weighted by Crippen LogP contribution is 2.29. The van der Waals surface area contributed by atoms with Crippen molar-refractivity contribution in [3.05, 3.63) is 22.9 Å². The Hall–Kier alpha value is -1.60. The second-order valence-corrected chi connectivity index (χ2v) is 5.92. The number of pyridine rings is 1. The number of aliphatic hydroxyl groups excluding tert-OH is 1. The number of rotatable bonds is 2. The second-order valence-electron chi connectivity index (χ2n) is 5.92. The van der Waals surface area contributed by atoms with Crippen LogP contribution in [0.2, 0.25) is 0 Å². The van der Waals surface area contributed by atoms with Gasteiger partial charge in [0.2, 0.25) is 0 Å².